The van der Waals surface area contributed by atoms with Crippen LogP contribution in [0.15, 0.2) is 43.5 Å². The van der Waals surface area contributed by atoms with E-state index >= 15 is 0 Å². The largest absolute Gasteiger partial charge is 0.460 e. The maximum Gasteiger partial charge on any atom is 0.312 e. The number of benzene rings is 1. The van der Waals surface area contributed by atoms with Gasteiger partial charge in [0.2, 0.25) is 11.8 Å². The van der Waals surface area contributed by atoms with Gasteiger partial charge in [-0.15, -0.1) is 13.2 Å². The van der Waals surface area contributed by atoms with Crippen LogP contribution in [-0.4, -0.2) is 88.1 Å². The van der Waals surface area contributed by atoms with Crippen LogP contribution in [0.1, 0.15) is 45.6 Å². The zero-order valence-electron chi connectivity index (χ0n) is 26.2. The van der Waals surface area contributed by atoms with Crippen LogP contribution in [0.4, 0.5) is 5.69 Å². The van der Waals surface area contributed by atoms with Gasteiger partial charge in [0.05, 0.1) is 47.8 Å². The zero-order valence-corrected chi connectivity index (χ0v) is 28.6. The molecule has 246 valence electrons. The summed E-state index contributed by atoms with van der Waals surface area (Å²) >= 11 is 10.3. The number of hydrogen-bond donors (Lipinski definition) is 2. The van der Waals surface area contributed by atoms with Crippen LogP contribution in [0.3, 0.4) is 0 Å². The SMILES string of the molecule is C=CCCC(=O)NC[C@H](C)OC(=O)[C@@H]1[C@H]2O[C@@]3(CC2Br)[C@H](C(=O)N(CC=C)c2c(C)cccc2Cl)N([C@@H](CO)C(C)C)C(=O)[C@@H]13. The first-order valence-electron chi connectivity index (χ1n) is 15.3. The molecule has 1 aromatic rings. The number of fused-ring (bicyclic) bond motifs is 1. The van der Waals surface area contributed by atoms with Gasteiger partial charge in [-0.05, 0) is 44.2 Å². The number of carbonyl (C=O) groups is 4. The fourth-order valence-corrected chi connectivity index (χ4v) is 8.29. The fraction of sp³-hybridized carbons (Fsp3) is 0.576. The molecule has 3 saturated heterocycles. The van der Waals surface area contributed by atoms with Crippen LogP contribution in [0.5, 0.6) is 0 Å². The molecule has 0 aromatic heterocycles. The van der Waals surface area contributed by atoms with Crippen molar-refractivity contribution in [1.82, 2.24) is 10.2 Å². The second-order valence-electron chi connectivity index (χ2n) is 12.4. The van der Waals surface area contributed by atoms with Crippen LogP contribution >= 0.6 is 27.5 Å². The summed E-state index contributed by atoms with van der Waals surface area (Å²) in [6.45, 7) is 14.5. The summed E-state index contributed by atoms with van der Waals surface area (Å²) in [6, 6.07) is 3.45. The fourth-order valence-electron chi connectivity index (χ4n) is 7.02. The van der Waals surface area contributed by atoms with Crippen molar-refractivity contribution in [3.63, 3.8) is 0 Å². The molecule has 3 heterocycles. The lowest BCUT2D eigenvalue weighted by Gasteiger charge is -2.40. The van der Waals surface area contributed by atoms with Gasteiger partial charge < -0.3 is 29.7 Å². The smallest absolute Gasteiger partial charge is 0.312 e. The van der Waals surface area contributed by atoms with E-state index in [0.29, 0.717) is 23.6 Å². The maximum absolute atomic E-state index is 14.8. The molecule has 0 radical (unpaired) electrons. The number of anilines is 1. The highest BCUT2D eigenvalue weighted by molar-refractivity contribution is 9.09. The number of amides is 3. The van der Waals surface area contributed by atoms with Crippen molar-refractivity contribution in [3.8, 4) is 0 Å². The molecular weight excluding hydrogens is 666 g/mol. The van der Waals surface area contributed by atoms with Gasteiger partial charge in [0, 0.05) is 17.8 Å². The van der Waals surface area contributed by atoms with Crippen molar-refractivity contribution in [1.29, 1.82) is 0 Å². The number of aliphatic hydroxyl groups excluding tert-OH is 1. The zero-order chi connectivity index (χ0) is 33.2. The van der Waals surface area contributed by atoms with E-state index in [9.17, 15) is 24.3 Å². The number of esters is 1. The molecule has 3 amide bonds. The van der Waals surface area contributed by atoms with Crippen molar-refractivity contribution in [2.45, 2.75) is 81.7 Å². The summed E-state index contributed by atoms with van der Waals surface area (Å²) < 4.78 is 12.4. The molecule has 0 aliphatic carbocycles. The van der Waals surface area contributed by atoms with E-state index in [1.165, 1.54) is 9.80 Å². The molecule has 3 fully saturated rings. The number of para-hydroxylation sites is 1. The summed E-state index contributed by atoms with van der Waals surface area (Å²) in [6.07, 6.45) is 2.93. The number of halogens is 2. The van der Waals surface area contributed by atoms with E-state index in [2.05, 4.69) is 34.4 Å². The Morgan fingerprint density at radius 3 is 2.60 bits per heavy atom. The van der Waals surface area contributed by atoms with Gasteiger partial charge in [-0.25, -0.2) is 0 Å². The van der Waals surface area contributed by atoms with Gasteiger partial charge in [-0.2, -0.15) is 0 Å². The molecule has 4 rings (SSSR count). The Balaban J connectivity index is 1.72. The first kappa shape index (κ1) is 35.1. The molecule has 1 spiro atoms. The first-order valence-corrected chi connectivity index (χ1v) is 16.6. The van der Waals surface area contributed by atoms with Crippen LogP contribution in [0.2, 0.25) is 5.02 Å². The minimum absolute atomic E-state index is 0.0995. The molecule has 12 heteroatoms. The van der Waals surface area contributed by atoms with Crippen molar-refractivity contribution < 1.29 is 33.8 Å². The molecule has 2 N–H and O–H groups in total. The number of aliphatic hydroxyl groups is 1. The van der Waals surface area contributed by atoms with Gasteiger partial charge in [-0.3, -0.25) is 19.2 Å². The average Bonchev–Trinajstić information content (AvgIpc) is 3.57. The third-order valence-corrected chi connectivity index (χ3v) is 10.2. The minimum Gasteiger partial charge on any atom is -0.460 e. The highest BCUT2D eigenvalue weighted by Crippen LogP contribution is 2.61. The third-order valence-electron chi connectivity index (χ3n) is 9.06. The lowest BCUT2D eigenvalue weighted by molar-refractivity contribution is -0.159. The summed E-state index contributed by atoms with van der Waals surface area (Å²) in [5.74, 6) is -3.94. The Hall–Kier alpha value is -2.73. The summed E-state index contributed by atoms with van der Waals surface area (Å²) in [5.41, 5.74) is -0.119. The Labute approximate surface area is 278 Å². The molecular formula is C33H43BrClN3O7. The molecule has 3 aliphatic rings. The molecule has 8 atom stereocenters. The Bertz CT molecular complexity index is 1320. The lowest BCUT2D eigenvalue weighted by Crippen LogP contribution is -2.60. The van der Waals surface area contributed by atoms with Gasteiger partial charge >= 0.3 is 5.97 Å². The highest BCUT2D eigenvalue weighted by Gasteiger charge is 2.77. The van der Waals surface area contributed by atoms with E-state index in [-0.39, 0.29) is 42.8 Å². The molecule has 0 saturated carbocycles. The second-order valence-corrected chi connectivity index (χ2v) is 14.0. The molecule has 10 nitrogen and oxygen atoms in total. The van der Waals surface area contributed by atoms with Gasteiger partial charge in [0.15, 0.2) is 0 Å². The lowest BCUT2D eigenvalue weighted by atomic mass is 9.70. The van der Waals surface area contributed by atoms with E-state index in [1.54, 1.807) is 31.2 Å². The minimum atomic E-state index is -1.37. The van der Waals surface area contributed by atoms with E-state index in [0.717, 1.165) is 5.56 Å². The van der Waals surface area contributed by atoms with Gasteiger partial charge in [0.1, 0.15) is 17.7 Å². The second kappa shape index (κ2) is 14.4. The summed E-state index contributed by atoms with van der Waals surface area (Å²) in [7, 11) is 0. The number of nitrogens with one attached hydrogen (secondary N) is 1. The monoisotopic (exact) mass is 707 g/mol. The molecule has 1 unspecified atom stereocenters. The number of ether oxygens (including phenoxy) is 2. The summed E-state index contributed by atoms with van der Waals surface area (Å²) in [4.78, 5) is 57.8. The number of nitrogens with zero attached hydrogens (tertiary/aromatic N) is 2. The quantitative estimate of drug-likeness (QED) is 0.170. The van der Waals surface area contributed by atoms with Gasteiger partial charge in [0.25, 0.3) is 5.91 Å². The van der Waals surface area contributed by atoms with Crippen molar-refractivity contribution >= 4 is 56.9 Å². The number of aryl methyl sites for hydroxylation is 1. The average molecular weight is 709 g/mol. The van der Waals surface area contributed by atoms with Crippen molar-refractivity contribution in [2.24, 2.45) is 17.8 Å². The summed E-state index contributed by atoms with van der Waals surface area (Å²) in [5, 5.41) is 13.6. The van der Waals surface area contributed by atoms with E-state index < -0.39 is 59.5 Å². The standard InChI is InChI=1S/C33H43BrClN3O7/c1-7-9-13-24(40)36-16-20(6)44-32(43)25-26-30(41)38(23(17-39)18(3)4)29(33(26)15-21(34)28(25)45-33)31(42)37(14-8-2)27-19(5)11-10-12-22(27)35/h7-8,10-12,18,20-21,23,25-26,28-29,39H,1-2,9,13-17H2,3-6H3,(H,36,40)/t20-,21?,23-,25-,26+,28-,29-,33+/m0/s1. The first-order chi connectivity index (χ1) is 21.3. The molecule has 3 aliphatic heterocycles. The van der Waals surface area contributed by atoms with Crippen molar-refractivity contribution in [3.05, 3.63) is 54.1 Å². The van der Waals surface area contributed by atoms with Crippen LogP contribution < -0.4 is 10.2 Å². The molecule has 45 heavy (non-hydrogen) atoms. The number of allylic oxidation sites excluding steroid dienone is 1. The normalized spacial score (nSPS) is 28.0. The number of alkyl halides is 1. The Morgan fingerprint density at radius 1 is 1.29 bits per heavy atom. The van der Waals surface area contributed by atoms with Gasteiger partial charge in [-0.1, -0.05) is 65.7 Å². The number of likely N-dealkylation sites (tertiary alicyclic amines) is 1. The van der Waals surface area contributed by atoms with E-state index in [1.807, 2.05) is 26.8 Å². The topological polar surface area (TPSA) is 125 Å². The van der Waals surface area contributed by atoms with Crippen LogP contribution in [0.25, 0.3) is 0 Å². The molecule has 2 bridgehead atoms. The maximum atomic E-state index is 14.8. The Kier molecular flexibility index (Phi) is 11.2. The molecule has 1 aromatic carbocycles. The van der Waals surface area contributed by atoms with Crippen LogP contribution in [-0.2, 0) is 28.7 Å². The predicted molar refractivity (Wildman–Crippen MR) is 175 cm³/mol. The van der Waals surface area contributed by atoms with Crippen LogP contribution in [0, 0.1) is 24.7 Å². The predicted octanol–water partition coefficient (Wildman–Crippen LogP) is 3.95. The third kappa shape index (κ3) is 6.46. The Morgan fingerprint density at radius 2 is 2.00 bits per heavy atom. The highest BCUT2D eigenvalue weighted by atomic mass is 79.9. The number of rotatable bonds is 14. The number of hydrogen-bond acceptors (Lipinski definition) is 7. The number of carbonyl (C=O) groups excluding carboxylic acids is 4. The van der Waals surface area contributed by atoms with E-state index in [4.69, 9.17) is 21.1 Å². The van der Waals surface area contributed by atoms with Crippen molar-refractivity contribution in [2.75, 3.05) is 24.6 Å².